The maximum atomic E-state index is 5.51. The Labute approximate surface area is 140 Å². The van der Waals surface area contributed by atoms with E-state index >= 15 is 0 Å². The summed E-state index contributed by atoms with van der Waals surface area (Å²) in [5.74, 6) is 11.7. The number of allylic oxidation sites excluding steroid dienone is 3. The molecule has 22 heavy (non-hydrogen) atoms. The summed E-state index contributed by atoms with van der Waals surface area (Å²) in [4.78, 5) is 0. The fourth-order valence-corrected chi connectivity index (χ4v) is 1.84. The zero-order valence-electron chi connectivity index (χ0n) is 11.4. The fourth-order valence-electron chi connectivity index (χ4n) is 1.84. The van der Waals surface area contributed by atoms with Gasteiger partial charge in [-0.05, 0) is 23.7 Å². The summed E-state index contributed by atoms with van der Waals surface area (Å²) >= 11 is 0. The summed E-state index contributed by atoms with van der Waals surface area (Å²) in [6, 6.07) is 10.2. The Balaban J connectivity index is 0.000000253. The van der Waals surface area contributed by atoms with E-state index in [4.69, 9.17) is 4.74 Å². The van der Waals surface area contributed by atoms with Crippen LogP contribution in [-0.4, -0.2) is 6.61 Å². The topological polar surface area (TPSA) is 23.3 Å². The molecule has 0 saturated carbocycles. The Bertz CT molecular complexity index is 801. The molecule has 2 nitrogen and oxygen atoms in total. The second-order valence-electron chi connectivity index (χ2n) is 4.17. The normalized spacial score (nSPS) is 17.4. The molecule has 1 aliphatic heterocycles. The third kappa shape index (κ3) is 3.90. The van der Waals surface area contributed by atoms with Gasteiger partial charge in [0.25, 0.3) is 0 Å². The second kappa shape index (κ2) is 7.90. The van der Waals surface area contributed by atoms with Crippen LogP contribution in [0, 0.1) is 35.8 Å². The first-order valence-electron chi connectivity index (χ1n) is 6.33. The van der Waals surface area contributed by atoms with Gasteiger partial charge in [0, 0.05) is 5.88 Å². The van der Waals surface area contributed by atoms with E-state index in [1.165, 1.54) is 0 Å². The molecular weight excluding hydrogens is 314 g/mol. The van der Waals surface area contributed by atoms with Crippen molar-refractivity contribution in [1.82, 2.24) is 0 Å². The largest absolute Gasteiger partial charge is 2.00 e. The Kier molecular flexibility index (Phi) is 5.63. The van der Waals surface area contributed by atoms with Crippen LogP contribution in [0.1, 0.15) is 11.6 Å². The molecule has 3 heteroatoms. The molecule has 0 unspecified atom stereocenters. The van der Waals surface area contributed by atoms with Crippen LogP contribution in [0.15, 0.2) is 59.0 Å². The number of hydrogen-bond acceptors (Lipinski definition) is 1. The van der Waals surface area contributed by atoms with E-state index in [-0.39, 0.29) is 23.1 Å². The molecule has 0 aromatic heterocycles. The maximum Gasteiger partial charge on any atom is 2.00 e. The molecule has 0 spiro atoms. The van der Waals surface area contributed by atoms with Crippen molar-refractivity contribution in [2.45, 2.75) is 6.04 Å². The Morgan fingerprint density at radius 1 is 1.09 bits per heavy atom. The first-order chi connectivity index (χ1) is 10.4. The number of hydrogen-bond donors (Lipinski definition) is 0. The zero-order valence-corrected chi connectivity index (χ0v) is 12.5. The first-order valence-corrected chi connectivity index (χ1v) is 6.33. The van der Waals surface area contributed by atoms with Gasteiger partial charge in [-0.3, -0.25) is 11.5 Å². The minimum absolute atomic E-state index is 0. The van der Waals surface area contributed by atoms with Crippen molar-refractivity contribution in [1.29, 1.82) is 0 Å². The quantitative estimate of drug-likeness (QED) is 0.337. The van der Waals surface area contributed by atoms with Gasteiger partial charge in [0.05, 0.1) is 12.2 Å². The maximum absolute atomic E-state index is 5.51. The van der Waals surface area contributed by atoms with Gasteiger partial charge in [-0.25, -0.2) is 5.73 Å². The molecular formula is C19H8FeNO. The van der Waals surface area contributed by atoms with Crippen molar-refractivity contribution in [2.75, 3.05) is 6.61 Å². The molecule has 103 valence electrons. The Hall–Kier alpha value is -2.72. The number of benzene rings is 1. The monoisotopic (exact) mass is 322 g/mol. The van der Waals surface area contributed by atoms with Crippen LogP contribution in [0.4, 0.5) is 0 Å². The van der Waals surface area contributed by atoms with E-state index in [2.05, 4.69) is 70.5 Å². The Morgan fingerprint density at radius 3 is 2.45 bits per heavy atom. The summed E-state index contributed by atoms with van der Waals surface area (Å²) in [5.41, 5.74) is 9.37. The molecule has 3 aliphatic rings. The Morgan fingerprint density at radius 2 is 1.86 bits per heavy atom. The average Bonchev–Trinajstić information content (AvgIpc) is 3.30. The van der Waals surface area contributed by atoms with E-state index in [0.717, 1.165) is 5.56 Å². The summed E-state index contributed by atoms with van der Waals surface area (Å²) in [6.45, 7) is 0.576. The molecule has 1 atom stereocenters. The molecule has 1 heterocycles. The molecule has 0 amide bonds. The van der Waals surface area contributed by atoms with Crippen molar-refractivity contribution in [3.8, 4) is 23.7 Å². The van der Waals surface area contributed by atoms with Gasteiger partial charge in [0.1, 0.15) is 0 Å². The zero-order chi connectivity index (χ0) is 14.3. The van der Waals surface area contributed by atoms with Crippen LogP contribution in [0.25, 0.3) is 5.32 Å². The SMILES string of the molecule is C1#CC(=C2[N-][C@H](c3ccccc3)CO2)C#C1.[C]1=C=C=C=[C-]1.[Fe+2]. The number of rotatable bonds is 1. The predicted octanol–water partition coefficient (Wildman–Crippen LogP) is 2.99. The van der Waals surface area contributed by atoms with E-state index < -0.39 is 0 Å². The number of nitrogens with zero attached hydrogens (tertiary/aromatic N) is 1. The van der Waals surface area contributed by atoms with Crippen molar-refractivity contribution in [3.63, 3.8) is 0 Å². The van der Waals surface area contributed by atoms with Gasteiger partial charge in [-0.2, -0.15) is 0 Å². The average molecular weight is 322 g/mol. The molecule has 1 aromatic rings. The minimum Gasteiger partial charge on any atom is -0.643 e. The van der Waals surface area contributed by atoms with E-state index in [9.17, 15) is 0 Å². The number of ether oxygens (including phenoxy) is 1. The van der Waals surface area contributed by atoms with Gasteiger partial charge >= 0.3 is 17.1 Å². The van der Waals surface area contributed by atoms with Crippen LogP contribution < -0.4 is 0 Å². The summed E-state index contributed by atoms with van der Waals surface area (Å²) in [7, 11) is 0. The van der Waals surface area contributed by atoms with Gasteiger partial charge in [-0.15, -0.1) is 12.2 Å². The van der Waals surface area contributed by atoms with Crippen molar-refractivity contribution >= 4 is 0 Å². The smallest absolute Gasteiger partial charge is 0.643 e. The van der Waals surface area contributed by atoms with E-state index in [0.29, 0.717) is 18.1 Å². The third-order valence-electron chi connectivity index (χ3n) is 2.80. The van der Waals surface area contributed by atoms with Gasteiger partial charge in [-0.1, -0.05) is 41.9 Å². The molecule has 0 bridgehead atoms. The van der Waals surface area contributed by atoms with Gasteiger partial charge in [0.2, 0.25) is 0 Å². The first kappa shape index (κ1) is 15.7. The molecule has 1 radical (unpaired) electrons. The van der Waals surface area contributed by atoms with E-state index in [1.54, 1.807) is 0 Å². The van der Waals surface area contributed by atoms with Crippen molar-refractivity contribution in [3.05, 3.63) is 82.0 Å². The second-order valence-corrected chi connectivity index (χ2v) is 4.17. The minimum atomic E-state index is 0. The summed E-state index contributed by atoms with van der Waals surface area (Å²) in [5, 5.41) is 4.49. The molecule has 4 rings (SSSR count). The van der Waals surface area contributed by atoms with Crippen LogP contribution in [0.2, 0.25) is 0 Å². The van der Waals surface area contributed by atoms with Crippen LogP contribution >= 0.6 is 0 Å². The molecule has 2 aliphatic carbocycles. The van der Waals surface area contributed by atoms with E-state index in [1.807, 2.05) is 18.2 Å². The summed E-state index contributed by atoms with van der Waals surface area (Å²) < 4.78 is 5.51. The van der Waals surface area contributed by atoms with Crippen molar-refractivity contribution < 1.29 is 21.8 Å². The van der Waals surface area contributed by atoms with Crippen molar-refractivity contribution in [2.24, 2.45) is 0 Å². The fraction of sp³-hybridized carbons (Fsp3) is 0.105. The van der Waals surface area contributed by atoms with Gasteiger partial charge in [0.15, 0.2) is 0 Å². The standard InChI is InChI=1S/C14H8NO.C5.Fe/c1-2-6-11(7-3-1)13-10-16-14(15-13)12-8-4-5-9-12;1-2-4-5-3-1;/h1-3,6-7,13H,10H2;;/q2*-1;+2/t13-;;/m0../s1. The van der Waals surface area contributed by atoms with Crippen LogP contribution in [-0.2, 0) is 21.8 Å². The predicted molar refractivity (Wildman–Crippen MR) is 78.1 cm³/mol. The molecule has 1 aromatic carbocycles. The van der Waals surface area contributed by atoms with Crippen LogP contribution in [0.3, 0.4) is 0 Å². The molecule has 1 fully saturated rings. The van der Waals surface area contributed by atoms with Crippen LogP contribution in [0.5, 0.6) is 0 Å². The molecule has 1 saturated heterocycles. The summed E-state index contributed by atoms with van der Waals surface area (Å²) in [6.07, 6.45) is 5.00. The van der Waals surface area contributed by atoms with Gasteiger partial charge < -0.3 is 10.1 Å². The third-order valence-corrected chi connectivity index (χ3v) is 2.80. The molecule has 0 N–H and O–H groups in total.